The fourth-order valence-corrected chi connectivity index (χ4v) is 4.86. The van der Waals surface area contributed by atoms with E-state index in [4.69, 9.17) is 9.15 Å². The average molecular weight is 480 g/mol. The molecule has 5 heterocycles. The zero-order valence-corrected chi connectivity index (χ0v) is 18.6. The van der Waals surface area contributed by atoms with Crippen molar-refractivity contribution in [3.63, 3.8) is 0 Å². The first-order valence-electron chi connectivity index (χ1n) is 10.2. The van der Waals surface area contributed by atoms with Crippen LogP contribution in [0.5, 0.6) is 0 Å². The number of thiophene rings is 1. The Kier molecular flexibility index (Phi) is 5.48. The van der Waals surface area contributed by atoms with Gasteiger partial charge in [0.05, 0.1) is 11.9 Å². The summed E-state index contributed by atoms with van der Waals surface area (Å²) < 4.78 is 51.4. The van der Waals surface area contributed by atoms with E-state index in [2.05, 4.69) is 37.3 Å². The molecule has 0 saturated carbocycles. The highest BCUT2D eigenvalue weighted by Gasteiger charge is 2.39. The predicted octanol–water partition coefficient (Wildman–Crippen LogP) is 3.47. The molecule has 0 spiro atoms. The molecule has 0 atom stereocenters. The minimum Gasteiger partial charge on any atom is -0.416 e. The molecule has 0 aliphatic carbocycles. The number of alkyl halides is 3. The standard InChI is InChI=1S/C19H19F3N8O2S/c1-3-4-10-7-11-15(29-5-6-30-12(8-29)25-28-18(30)19(20,21)22)23-14(24-17(11)33-10)16-27-26-13(32-16)9-31-2/h7H,3-6,8-9H2,1-2H3. The number of ether oxygens (including phenoxy) is 1. The number of methoxy groups -OCH3 is 1. The lowest BCUT2D eigenvalue weighted by atomic mass is 10.2. The first-order chi connectivity index (χ1) is 15.9. The lowest BCUT2D eigenvalue weighted by molar-refractivity contribution is -0.147. The summed E-state index contributed by atoms with van der Waals surface area (Å²) >= 11 is 1.54. The van der Waals surface area contributed by atoms with Gasteiger partial charge in [0.15, 0.2) is 5.82 Å². The van der Waals surface area contributed by atoms with Crippen LogP contribution in [0.25, 0.3) is 21.9 Å². The van der Waals surface area contributed by atoms with Crippen molar-refractivity contribution in [3.8, 4) is 11.7 Å². The molecule has 0 saturated heterocycles. The van der Waals surface area contributed by atoms with Crippen LogP contribution in [0, 0.1) is 0 Å². The van der Waals surface area contributed by atoms with E-state index < -0.39 is 12.0 Å². The van der Waals surface area contributed by atoms with Gasteiger partial charge in [-0.1, -0.05) is 13.3 Å². The van der Waals surface area contributed by atoms with Crippen LogP contribution >= 0.6 is 11.3 Å². The van der Waals surface area contributed by atoms with Gasteiger partial charge in [-0.2, -0.15) is 13.2 Å². The van der Waals surface area contributed by atoms with Crippen molar-refractivity contribution in [1.82, 2.24) is 34.9 Å². The van der Waals surface area contributed by atoms with Crippen LogP contribution < -0.4 is 4.90 Å². The number of hydrogen-bond donors (Lipinski definition) is 0. The molecule has 1 aliphatic rings. The first-order valence-corrected chi connectivity index (χ1v) is 11.1. The van der Waals surface area contributed by atoms with Gasteiger partial charge in [0.2, 0.25) is 17.5 Å². The van der Waals surface area contributed by atoms with Crippen molar-refractivity contribution < 1.29 is 22.3 Å². The Bertz CT molecular complexity index is 1300. The van der Waals surface area contributed by atoms with Crippen molar-refractivity contribution in [3.05, 3.63) is 28.5 Å². The van der Waals surface area contributed by atoms with Crippen molar-refractivity contribution in [2.45, 2.75) is 45.6 Å². The van der Waals surface area contributed by atoms with Gasteiger partial charge in [0.1, 0.15) is 17.3 Å². The third-order valence-electron chi connectivity index (χ3n) is 5.15. The Morgan fingerprint density at radius 1 is 1.15 bits per heavy atom. The number of fused-ring (bicyclic) bond motifs is 2. The SMILES string of the molecule is CCCc1cc2c(N3CCn4c(nnc4C(F)(F)F)C3)nc(-c3nnc(COC)o3)nc2s1. The molecule has 33 heavy (non-hydrogen) atoms. The van der Waals surface area contributed by atoms with Crippen LogP contribution in [0.15, 0.2) is 10.5 Å². The van der Waals surface area contributed by atoms with Gasteiger partial charge in [-0.3, -0.25) is 0 Å². The maximum Gasteiger partial charge on any atom is 0.451 e. The topological polar surface area (TPSA) is 108 Å². The third kappa shape index (κ3) is 4.04. The summed E-state index contributed by atoms with van der Waals surface area (Å²) in [6, 6.07) is 2.03. The van der Waals surface area contributed by atoms with E-state index in [1.165, 1.54) is 7.11 Å². The summed E-state index contributed by atoms with van der Waals surface area (Å²) in [5.41, 5.74) is 0. The number of halogens is 3. The number of anilines is 1. The molecule has 10 nitrogen and oxygen atoms in total. The van der Waals surface area contributed by atoms with Crippen LogP contribution in [-0.4, -0.2) is 48.6 Å². The highest BCUT2D eigenvalue weighted by atomic mass is 32.1. The van der Waals surface area contributed by atoms with E-state index >= 15 is 0 Å². The minimum absolute atomic E-state index is 0.0858. The van der Waals surface area contributed by atoms with E-state index in [-0.39, 0.29) is 37.2 Å². The van der Waals surface area contributed by atoms with Gasteiger partial charge >= 0.3 is 6.18 Å². The number of rotatable bonds is 6. The lowest BCUT2D eigenvalue weighted by Crippen LogP contribution is -2.36. The van der Waals surface area contributed by atoms with Gasteiger partial charge in [0, 0.05) is 25.1 Å². The Labute approximate surface area is 189 Å². The zero-order chi connectivity index (χ0) is 23.2. The minimum atomic E-state index is -4.55. The summed E-state index contributed by atoms with van der Waals surface area (Å²) in [5.74, 6) is 0.522. The molecule has 0 N–H and O–H groups in total. The summed E-state index contributed by atoms with van der Waals surface area (Å²) in [5, 5.41) is 15.9. The molecule has 14 heteroatoms. The molecular weight excluding hydrogens is 461 g/mol. The quantitative estimate of drug-likeness (QED) is 0.410. The van der Waals surface area contributed by atoms with E-state index in [1.807, 2.05) is 11.0 Å². The summed E-state index contributed by atoms with van der Waals surface area (Å²) in [6.07, 6.45) is -2.69. The van der Waals surface area contributed by atoms with Gasteiger partial charge in [0.25, 0.3) is 5.89 Å². The van der Waals surface area contributed by atoms with Crippen LogP contribution in [0.4, 0.5) is 19.0 Å². The fraction of sp³-hybridized carbons (Fsp3) is 0.474. The van der Waals surface area contributed by atoms with Crippen molar-refractivity contribution >= 4 is 27.4 Å². The molecule has 4 aromatic heterocycles. The smallest absolute Gasteiger partial charge is 0.416 e. The fourth-order valence-electron chi connectivity index (χ4n) is 3.74. The monoisotopic (exact) mass is 480 g/mol. The molecule has 0 radical (unpaired) electrons. The second kappa shape index (κ2) is 8.33. The van der Waals surface area contributed by atoms with E-state index in [0.717, 1.165) is 32.5 Å². The van der Waals surface area contributed by atoms with Crippen molar-refractivity contribution in [1.29, 1.82) is 0 Å². The maximum absolute atomic E-state index is 13.2. The first kappa shape index (κ1) is 21.7. The number of aryl methyl sites for hydroxylation is 1. The van der Waals surface area contributed by atoms with Gasteiger partial charge < -0.3 is 18.6 Å². The van der Waals surface area contributed by atoms with Crippen LogP contribution in [0.1, 0.15) is 35.8 Å². The molecular formula is C19H19F3N8O2S. The predicted molar refractivity (Wildman–Crippen MR) is 111 cm³/mol. The highest BCUT2D eigenvalue weighted by Crippen LogP contribution is 2.36. The van der Waals surface area contributed by atoms with E-state index in [9.17, 15) is 13.2 Å². The second-order valence-corrected chi connectivity index (χ2v) is 8.61. The molecule has 0 amide bonds. The number of aromatic nitrogens is 7. The van der Waals surface area contributed by atoms with E-state index in [1.54, 1.807) is 11.3 Å². The Hall–Kier alpha value is -3.13. The van der Waals surface area contributed by atoms with Crippen LogP contribution in [-0.2, 0) is 37.0 Å². The summed E-state index contributed by atoms with van der Waals surface area (Å²) in [7, 11) is 1.52. The summed E-state index contributed by atoms with van der Waals surface area (Å²) in [4.78, 5) is 13.1. The molecule has 0 aromatic carbocycles. The average Bonchev–Trinajstić information content (AvgIpc) is 3.50. The third-order valence-corrected chi connectivity index (χ3v) is 6.24. The number of nitrogens with zero attached hydrogens (tertiary/aromatic N) is 8. The van der Waals surface area contributed by atoms with Crippen LogP contribution in [0.3, 0.4) is 0 Å². The largest absolute Gasteiger partial charge is 0.451 e. The molecule has 4 aromatic rings. The van der Waals surface area contributed by atoms with Crippen molar-refractivity contribution in [2.24, 2.45) is 0 Å². The summed E-state index contributed by atoms with van der Waals surface area (Å²) in [6.45, 7) is 2.77. The van der Waals surface area contributed by atoms with Gasteiger partial charge in [-0.15, -0.1) is 31.7 Å². The van der Waals surface area contributed by atoms with Gasteiger partial charge in [-0.05, 0) is 12.5 Å². The molecule has 174 valence electrons. The number of hydrogen-bond acceptors (Lipinski definition) is 10. The Morgan fingerprint density at radius 2 is 2.00 bits per heavy atom. The van der Waals surface area contributed by atoms with Crippen LogP contribution in [0.2, 0.25) is 0 Å². The zero-order valence-electron chi connectivity index (χ0n) is 17.8. The Morgan fingerprint density at radius 3 is 2.76 bits per heavy atom. The molecule has 5 rings (SSSR count). The normalized spacial score (nSPS) is 14.3. The molecule has 0 bridgehead atoms. The molecule has 0 fully saturated rings. The van der Waals surface area contributed by atoms with Gasteiger partial charge in [-0.25, -0.2) is 9.97 Å². The maximum atomic E-state index is 13.2. The molecule has 1 aliphatic heterocycles. The van der Waals surface area contributed by atoms with E-state index in [0.29, 0.717) is 18.3 Å². The Balaban J connectivity index is 1.56. The second-order valence-electron chi connectivity index (χ2n) is 7.50. The van der Waals surface area contributed by atoms with Crippen molar-refractivity contribution in [2.75, 3.05) is 18.6 Å². The lowest BCUT2D eigenvalue weighted by Gasteiger charge is -2.29. The highest BCUT2D eigenvalue weighted by molar-refractivity contribution is 7.18. The molecule has 0 unspecified atom stereocenters.